The van der Waals surface area contributed by atoms with E-state index in [1.807, 2.05) is 30.3 Å². The van der Waals surface area contributed by atoms with Gasteiger partial charge in [0.05, 0.1) is 17.5 Å². The van der Waals surface area contributed by atoms with Gasteiger partial charge in [0.1, 0.15) is 0 Å². The molecule has 1 aromatic heterocycles. The largest absolute Gasteiger partial charge is 0.341 e. The Balaban J connectivity index is 1.72. The maximum Gasteiger partial charge on any atom is 0.257 e. The molecule has 0 aliphatic heterocycles. The molecule has 0 aliphatic rings. The summed E-state index contributed by atoms with van der Waals surface area (Å²) in [6.45, 7) is 2.95. The number of hydrogen-bond acceptors (Lipinski definition) is 3. The predicted octanol–water partition coefficient (Wildman–Crippen LogP) is 4.44. The van der Waals surface area contributed by atoms with Crippen molar-refractivity contribution in [3.63, 3.8) is 0 Å². The molecule has 1 heterocycles. The molecule has 0 saturated carbocycles. The molecule has 0 spiro atoms. The maximum absolute atomic E-state index is 12.8. The van der Waals surface area contributed by atoms with Crippen LogP contribution in [0.2, 0.25) is 0 Å². The van der Waals surface area contributed by atoms with Gasteiger partial charge in [-0.1, -0.05) is 30.3 Å². The third-order valence-electron chi connectivity index (χ3n) is 4.81. The number of benzene rings is 3. The number of aryl methyl sites for hydroxylation is 1. The summed E-state index contributed by atoms with van der Waals surface area (Å²) in [7, 11) is -3.49. The van der Waals surface area contributed by atoms with Crippen LogP contribution in [-0.2, 0) is 16.6 Å². The van der Waals surface area contributed by atoms with Gasteiger partial charge >= 0.3 is 0 Å². The lowest BCUT2D eigenvalue weighted by Crippen LogP contribution is -2.17. The first-order chi connectivity index (χ1) is 13.9. The van der Waals surface area contributed by atoms with Gasteiger partial charge in [0.25, 0.3) is 5.91 Å². The lowest BCUT2D eigenvalue weighted by atomic mass is 10.1. The molecule has 2 N–H and O–H groups in total. The first-order valence-corrected chi connectivity index (χ1v) is 11.2. The highest BCUT2D eigenvalue weighted by atomic mass is 32.2. The lowest BCUT2D eigenvalue weighted by molar-refractivity contribution is 0.102. The Morgan fingerprint density at radius 2 is 1.62 bits per heavy atom. The summed E-state index contributed by atoms with van der Waals surface area (Å²) in [5, 5.41) is 5.07. The number of aromatic nitrogens is 1. The Bertz CT molecular complexity index is 1340. The van der Waals surface area contributed by atoms with Gasteiger partial charge in [0.2, 0.25) is 10.0 Å². The van der Waals surface area contributed by atoms with E-state index in [1.54, 1.807) is 24.3 Å². The molecule has 7 heteroatoms. The first kappa shape index (κ1) is 19.0. The second-order valence-electron chi connectivity index (χ2n) is 6.87. The van der Waals surface area contributed by atoms with Gasteiger partial charge in [-0.3, -0.25) is 9.52 Å². The number of nitrogens with one attached hydrogen (secondary N) is 2. The topological polar surface area (TPSA) is 80.2 Å². The second kappa shape index (κ2) is 7.25. The molecule has 0 unspecified atom stereocenters. The van der Waals surface area contributed by atoms with Crippen LogP contribution in [0.3, 0.4) is 0 Å². The van der Waals surface area contributed by atoms with E-state index in [0.29, 0.717) is 5.69 Å². The van der Waals surface area contributed by atoms with Crippen LogP contribution in [0.15, 0.2) is 66.7 Å². The third kappa shape index (κ3) is 3.69. The molecule has 0 aliphatic carbocycles. The minimum Gasteiger partial charge on any atom is -0.341 e. The van der Waals surface area contributed by atoms with E-state index in [2.05, 4.69) is 33.7 Å². The van der Waals surface area contributed by atoms with Crippen LogP contribution in [-0.4, -0.2) is 25.1 Å². The Morgan fingerprint density at radius 1 is 0.931 bits per heavy atom. The molecule has 29 heavy (non-hydrogen) atoms. The standard InChI is InChI=1S/C22H21N3O3S/c1-3-25-20-11-7-5-8-16(20)18-14-15(12-13-21(18)25)23-22(26)17-9-4-6-10-19(17)24-29(2,27)28/h4-14,24H,3H2,1-2H3,(H,23,26). The highest BCUT2D eigenvalue weighted by Crippen LogP contribution is 2.31. The summed E-state index contributed by atoms with van der Waals surface area (Å²) in [5.74, 6) is -0.379. The fraction of sp³-hybridized carbons (Fsp3) is 0.136. The van der Waals surface area contributed by atoms with Crippen molar-refractivity contribution in [2.75, 3.05) is 16.3 Å². The van der Waals surface area contributed by atoms with Gasteiger partial charge in [-0.15, -0.1) is 0 Å². The normalized spacial score (nSPS) is 11.7. The van der Waals surface area contributed by atoms with Crippen LogP contribution in [0.25, 0.3) is 21.8 Å². The van der Waals surface area contributed by atoms with E-state index in [9.17, 15) is 13.2 Å². The number of rotatable bonds is 5. The Kier molecular flexibility index (Phi) is 4.76. The molecular formula is C22H21N3O3S. The van der Waals surface area contributed by atoms with E-state index in [0.717, 1.165) is 34.6 Å². The van der Waals surface area contributed by atoms with E-state index in [1.165, 1.54) is 0 Å². The minimum atomic E-state index is -3.49. The van der Waals surface area contributed by atoms with E-state index in [4.69, 9.17) is 0 Å². The second-order valence-corrected chi connectivity index (χ2v) is 8.62. The monoisotopic (exact) mass is 407 g/mol. The Hall–Kier alpha value is -3.32. The van der Waals surface area contributed by atoms with Gasteiger partial charge in [-0.2, -0.15) is 0 Å². The first-order valence-electron chi connectivity index (χ1n) is 9.26. The molecule has 0 atom stereocenters. The van der Waals surface area contributed by atoms with Crippen LogP contribution in [0, 0.1) is 0 Å². The number of fused-ring (bicyclic) bond motifs is 3. The number of para-hydroxylation sites is 2. The fourth-order valence-corrected chi connectivity index (χ4v) is 4.22. The zero-order valence-corrected chi connectivity index (χ0v) is 17.0. The average Bonchev–Trinajstić information content (AvgIpc) is 3.00. The number of carbonyl (C=O) groups is 1. The maximum atomic E-state index is 12.8. The zero-order valence-electron chi connectivity index (χ0n) is 16.1. The van der Waals surface area contributed by atoms with E-state index >= 15 is 0 Å². The van der Waals surface area contributed by atoms with Crippen molar-refractivity contribution in [3.05, 3.63) is 72.3 Å². The molecule has 148 valence electrons. The number of carbonyl (C=O) groups excluding carboxylic acids is 1. The molecule has 4 rings (SSSR count). The van der Waals surface area contributed by atoms with Crippen molar-refractivity contribution in [1.29, 1.82) is 0 Å². The van der Waals surface area contributed by atoms with Crippen LogP contribution < -0.4 is 10.0 Å². The number of amides is 1. The highest BCUT2D eigenvalue weighted by Gasteiger charge is 2.15. The van der Waals surface area contributed by atoms with Crippen molar-refractivity contribution < 1.29 is 13.2 Å². The van der Waals surface area contributed by atoms with Gasteiger partial charge in [0.15, 0.2) is 0 Å². The van der Waals surface area contributed by atoms with Crippen LogP contribution in [0.4, 0.5) is 11.4 Å². The van der Waals surface area contributed by atoms with E-state index in [-0.39, 0.29) is 17.2 Å². The summed E-state index contributed by atoms with van der Waals surface area (Å²) in [4.78, 5) is 12.8. The number of nitrogens with zero attached hydrogens (tertiary/aromatic N) is 1. The molecule has 0 radical (unpaired) electrons. The van der Waals surface area contributed by atoms with Crippen molar-refractivity contribution in [2.45, 2.75) is 13.5 Å². The quantitative estimate of drug-likeness (QED) is 0.513. The summed E-state index contributed by atoms with van der Waals surface area (Å²) >= 11 is 0. The minimum absolute atomic E-state index is 0.246. The molecule has 4 aromatic rings. The van der Waals surface area contributed by atoms with Crippen molar-refractivity contribution >= 4 is 49.1 Å². The number of hydrogen-bond donors (Lipinski definition) is 2. The fourth-order valence-electron chi connectivity index (χ4n) is 3.64. The smallest absolute Gasteiger partial charge is 0.257 e. The average molecular weight is 407 g/mol. The number of anilines is 2. The van der Waals surface area contributed by atoms with Gasteiger partial charge in [-0.05, 0) is 43.3 Å². The SMILES string of the molecule is CCn1c2ccccc2c2cc(NC(=O)c3ccccc3NS(C)(=O)=O)ccc21. The Morgan fingerprint density at radius 3 is 2.38 bits per heavy atom. The molecule has 0 fully saturated rings. The van der Waals surface area contributed by atoms with Crippen LogP contribution >= 0.6 is 0 Å². The molecule has 0 saturated heterocycles. The highest BCUT2D eigenvalue weighted by molar-refractivity contribution is 7.92. The summed E-state index contributed by atoms with van der Waals surface area (Å²) in [6.07, 6.45) is 1.05. The van der Waals surface area contributed by atoms with Gasteiger partial charge in [0, 0.05) is 34.0 Å². The Labute approximate surface area is 169 Å². The van der Waals surface area contributed by atoms with Crippen molar-refractivity contribution in [1.82, 2.24) is 4.57 Å². The molecule has 1 amide bonds. The van der Waals surface area contributed by atoms with Crippen molar-refractivity contribution in [2.24, 2.45) is 0 Å². The van der Waals surface area contributed by atoms with Gasteiger partial charge < -0.3 is 9.88 Å². The van der Waals surface area contributed by atoms with E-state index < -0.39 is 10.0 Å². The molecule has 3 aromatic carbocycles. The predicted molar refractivity (Wildman–Crippen MR) is 118 cm³/mol. The summed E-state index contributed by atoms with van der Waals surface area (Å²) < 4.78 is 27.8. The number of sulfonamides is 1. The molecule has 6 nitrogen and oxygen atoms in total. The lowest BCUT2D eigenvalue weighted by Gasteiger charge is -2.11. The summed E-state index contributed by atoms with van der Waals surface area (Å²) in [5.41, 5.74) is 3.41. The third-order valence-corrected chi connectivity index (χ3v) is 5.40. The molecule has 0 bridgehead atoms. The van der Waals surface area contributed by atoms with Crippen LogP contribution in [0.5, 0.6) is 0 Å². The zero-order chi connectivity index (χ0) is 20.6. The van der Waals surface area contributed by atoms with Crippen LogP contribution in [0.1, 0.15) is 17.3 Å². The molecular weight excluding hydrogens is 386 g/mol. The summed E-state index contributed by atoms with van der Waals surface area (Å²) in [6, 6.07) is 20.5. The van der Waals surface area contributed by atoms with Crippen molar-refractivity contribution in [3.8, 4) is 0 Å². The van der Waals surface area contributed by atoms with Gasteiger partial charge in [-0.25, -0.2) is 8.42 Å².